The minimum atomic E-state index is -1.03. The number of benzene rings is 1. The van der Waals surface area contributed by atoms with Gasteiger partial charge in [0.1, 0.15) is 6.04 Å². The Morgan fingerprint density at radius 3 is 2.80 bits per heavy atom. The highest BCUT2D eigenvalue weighted by molar-refractivity contribution is 5.99. The van der Waals surface area contributed by atoms with Crippen molar-refractivity contribution in [3.63, 3.8) is 0 Å². The number of carbonyl (C=O) groups excluding carboxylic acids is 2. The topological polar surface area (TPSA) is 101 Å². The van der Waals surface area contributed by atoms with Crippen molar-refractivity contribution in [3.8, 4) is 5.75 Å². The quantitative estimate of drug-likeness (QED) is 0.811. The number of aliphatic hydroxyl groups excluding tert-OH is 1. The highest BCUT2D eigenvalue weighted by Crippen LogP contribution is 2.28. The first-order valence-electron chi connectivity index (χ1n) is 7.99. The summed E-state index contributed by atoms with van der Waals surface area (Å²) in [6.45, 7) is 1.27. The van der Waals surface area contributed by atoms with E-state index in [1.807, 2.05) is 0 Å². The molecular formula is C17H20N2O6. The van der Waals surface area contributed by atoms with Crippen molar-refractivity contribution in [2.24, 2.45) is 0 Å². The molecule has 1 atom stereocenters. The number of hydrogen-bond donors (Lipinski definition) is 2. The summed E-state index contributed by atoms with van der Waals surface area (Å²) in [5, 5.41) is 12.7. The van der Waals surface area contributed by atoms with E-state index < -0.39 is 18.6 Å². The first-order valence-corrected chi connectivity index (χ1v) is 7.99. The third kappa shape index (κ3) is 3.59. The molecule has 1 saturated heterocycles. The van der Waals surface area contributed by atoms with Gasteiger partial charge in [0.05, 0.1) is 26.9 Å². The summed E-state index contributed by atoms with van der Waals surface area (Å²) in [7, 11) is 1.51. The number of para-hydroxylation sites is 1. The fourth-order valence-corrected chi connectivity index (χ4v) is 2.73. The molecule has 1 aliphatic heterocycles. The number of rotatable bonds is 5. The van der Waals surface area contributed by atoms with Crippen molar-refractivity contribution < 1.29 is 28.6 Å². The van der Waals surface area contributed by atoms with Gasteiger partial charge in [-0.3, -0.25) is 9.59 Å². The molecule has 1 aliphatic rings. The SMILES string of the molecule is COc1cccc2cc(C(=O)NC(CO)C(=O)N3CCOCC3)oc12. The van der Waals surface area contributed by atoms with Crippen LogP contribution in [0.4, 0.5) is 0 Å². The van der Waals surface area contributed by atoms with Gasteiger partial charge in [-0.25, -0.2) is 0 Å². The Balaban J connectivity index is 1.74. The first kappa shape index (κ1) is 17.2. The van der Waals surface area contributed by atoms with Gasteiger partial charge >= 0.3 is 0 Å². The average Bonchev–Trinajstić information content (AvgIpc) is 3.10. The maximum atomic E-state index is 12.4. The van der Waals surface area contributed by atoms with Gasteiger partial charge in [0.15, 0.2) is 17.1 Å². The van der Waals surface area contributed by atoms with Crippen molar-refractivity contribution in [3.05, 3.63) is 30.0 Å². The molecule has 0 radical (unpaired) electrons. The lowest BCUT2D eigenvalue weighted by atomic mass is 10.2. The summed E-state index contributed by atoms with van der Waals surface area (Å²) in [5.74, 6) is -0.348. The third-order valence-corrected chi connectivity index (χ3v) is 4.06. The Morgan fingerprint density at radius 2 is 2.12 bits per heavy atom. The van der Waals surface area contributed by atoms with Crippen LogP contribution in [0.2, 0.25) is 0 Å². The lowest BCUT2D eigenvalue weighted by Crippen LogP contribution is -2.53. The summed E-state index contributed by atoms with van der Waals surface area (Å²) >= 11 is 0. The molecule has 2 amide bonds. The fraction of sp³-hybridized carbons (Fsp3) is 0.412. The summed E-state index contributed by atoms with van der Waals surface area (Å²) in [5.41, 5.74) is 0.454. The van der Waals surface area contributed by atoms with Crippen LogP contribution >= 0.6 is 0 Å². The maximum absolute atomic E-state index is 12.4. The van der Waals surface area contributed by atoms with Gasteiger partial charge in [-0.2, -0.15) is 0 Å². The molecule has 8 nitrogen and oxygen atoms in total. The Kier molecular flexibility index (Phi) is 5.20. The summed E-state index contributed by atoms with van der Waals surface area (Å²) in [6, 6.07) is 5.85. The summed E-state index contributed by atoms with van der Waals surface area (Å²) < 4.78 is 16.0. The van der Waals surface area contributed by atoms with Gasteiger partial charge in [-0.05, 0) is 12.1 Å². The van der Waals surface area contributed by atoms with E-state index in [0.29, 0.717) is 43.0 Å². The number of nitrogens with one attached hydrogen (secondary N) is 1. The molecule has 2 heterocycles. The van der Waals surface area contributed by atoms with Crippen molar-refractivity contribution in [2.45, 2.75) is 6.04 Å². The minimum absolute atomic E-state index is 0.0488. The first-order chi connectivity index (χ1) is 12.1. The lowest BCUT2D eigenvalue weighted by molar-refractivity contribution is -0.138. The molecule has 1 aromatic carbocycles. The molecule has 1 aromatic heterocycles. The Bertz CT molecular complexity index is 766. The molecule has 25 heavy (non-hydrogen) atoms. The van der Waals surface area contributed by atoms with Crippen LogP contribution < -0.4 is 10.1 Å². The van der Waals surface area contributed by atoms with E-state index in [4.69, 9.17) is 13.9 Å². The van der Waals surface area contributed by atoms with Crippen molar-refractivity contribution in [1.82, 2.24) is 10.2 Å². The van der Waals surface area contributed by atoms with Gasteiger partial charge in [-0.15, -0.1) is 0 Å². The zero-order valence-corrected chi connectivity index (χ0v) is 13.9. The highest BCUT2D eigenvalue weighted by atomic mass is 16.5. The number of amides is 2. The fourth-order valence-electron chi connectivity index (χ4n) is 2.73. The van der Waals surface area contributed by atoms with E-state index in [9.17, 15) is 14.7 Å². The van der Waals surface area contributed by atoms with Gasteiger partial charge in [0, 0.05) is 18.5 Å². The van der Waals surface area contributed by atoms with E-state index in [-0.39, 0.29) is 11.7 Å². The standard InChI is InChI=1S/C17H20N2O6/c1-23-13-4-2-3-11-9-14(25-15(11)13)16(21)18-12(10-20)17(22)19-5-7-24-8-6-19/h2-4,9,12,20H,5-8,10H2,1H3,(H,18,21). The van der Waals surface area contributed by atoms with Crippen LogP contribution in [0.1, 0.15) is 10.6 Å². The van der Waals surface area contributed by atoms with E-state index in [1.165, 1.54) is 7.11 Å². The second kappa shape index (κ2) is 7.54. The normalized spacial score (nSPS) is 15.8. The molecule has 1 fully saturated rings. The number of aliphatic hydroxyl groups is 1. The zero-order chi connectivity index (χ0) is 17.8. The molecule has 1 unspecified atom stereocenters. The van der Waals surface area contributed by atoms with Crippen molar-refractivity contribution in [1.29, 1.82) is 0 Å². The predicted octanol–water partition coefficient (Wildman–Crippen LogP) is 0.391. The Hall–Kier alpha value is -2.58. The number of methoxy groups -OCH3 is 1. The average molecular weight is 348 g/mol. The monoisotopic (exact) mass is 348 g/mol. The molecular weight excluding hydrogens is 328 g/mol. The molecule has 0 saturated carbocycles. The van der Waals surface area contributed by atoms with Crippen LogP contribution in [0.5, 0.6) is 5.75 Å². The molecule has 8 heteroatoms. The van der Waals surface area contributed by atoms with E-state index in [1.54, 1.807) is 29.2 Å². The van der Waals surface area contributed by atoms with Gasteiger partial charge in [-0.1, -0.05) is 12.1 Å². The smallest absolute Gasteiger partial charge is 0.287 e. The summed E-state index contributed by atoms with van der Waals surface area (Å²) in [6.07, 6.45) is 0. The molecule has 0 spiro atoms. The Labute approximate surface area is 144 Å². The maximum Gasteiger partial charge on any atom is 0.287 e. The van der Waals surface area contributed by atoms with Crippen LogP contribution in [0.3, 0.4) is 0 Å². The van der Waals surface area contributed by atoms with Gasteiger partial charge in [0.25, 0.3) is 5.91 Å². The van der Waals surface area contributed by atoms with Crippen LogP contribution in [0.25, 0.3) is 11.0 Å². The molecule has 2 N–H and O–H groups in total. The van der Waals surface area contributed by atoms with Gasteiger partial charge in [0.2, 0.25) is 5.91 Å². The van der Waals surface area contributed by atoms with Crippen LogP contribution in [0, 0.1) is 0 Å². The number of fused-ring (bicyclic) bond motifs is 1. The minimum Gasteiger partial charge on any atom is -0.493 e. The van der Waals surface area contributed by atoms with Crippen LogP contribution in [-0.2, 0) is 9.53 Å². The molecule has 0 bridgehead atoms. The number of nitrogens with zero attached hydrogens (tertiary/aromatic N) is 1. The second-order valence-electron chi connectivity index (χ2n) is 5.64. The zero-order valence-electron chi connectivity index (χ0n) is 13.9. The number of carbonyl (C=O) groups is 2. The number of morpholine rings is 1. The number of furan rings is 1. The predicted molar refractivity (Wildman–Crippen MR) is 88.5 cm³/mol. The van der Waals surface area contributed by atoms with Crippen molar-refractivity contribution >= 4 is 22.8 Å². The van der Waals surface area contributed by atoms with Crippen LogP contribution in [0.15, 0.2) is 28.7 Å². The van der Waals surface area contributed by atoms with Crippen molar-refractivity contribution in [2.75, 3.05) is 40.0 Å². The van der Waals surface area contributed by atoms with Gasteiger partial charge < -0.3 is 29.2 Å². The van der Waals surface area contributed by atoms with Crippen LogP contribution in [-0.4, -0.2) is 67.9 Å². The summed E-state index contributed by atoms with van der Waals surface area (Å²) in [4.78, 5) is 26.4. The number of hydrogen-bond acceptors (Lipinski definition) is 6. The van der Waals surface area contributed by atoms with E-state index in [0.717, 1.165) is 0 Å². The van der Waals surface area contributed by atoms with E-state index >= 15 is 0 Å². The molecule has 134 valence electrons. The Morgan fingerprint density at radius 1 is 1.36 bits per heavy atom. The molecule has 0 aliphatic carbocycles. The molecule has 3 rings (SSSR count). The highest BCUT2D eigenvalue weighted by Gasteiger charge is 2.28. The number of ether oxygens (including phenoxy) is 2. The largest absolute Gasteiger partial charge is 0.493 e. The second-order valence-corrected chi connectivity index (χ2v) is 5.64. The third-order valence-electron chi connectivity index (χ3n) is 4.06. The molecule has 2 aromatic rings. The lowest BCUT2D eigenvalue weighted by Gasteiger charge is -2.29. The van der Waals surface area contributed by atoms with E-state index in [2.05, 4.69) is 5.32 Å².